The van der Waals surface area contributed by atoms with E-state index in [0.29, 0.717) is 26.1 Å². The standard InChI is InChI=1S/C18H23N3O2S/c1-2-8-19-18(23)21-13-15-6-3-5-14(10-15)12-20-17(22)11-16-7-4-9-24-16/h3-7,9-10H,2,8,11-13H2,1H3,(H,20,22)(H2,19,21,23). The highest BCUT2D eigenvalue weighted by molar-refractivity contribution is 7.10. The summed E-state index contributed by atoms with van der Waals surface area (Å²) in [7, 11) is 0. The highest BCUT2D eigenvalue weighted by atomic mass is 32.1. The van der Waals surface area contributed by atoms with Crippen LogP contribution in [0.3, 0.4) is 0 Å². The first kappa shape index (κ1) is 18.0. The molecule has 1 aromatic heterocycles. The van der Waals surface area contributed by atoms with Crippen molar-refractivity contribution >= 4 is 23.3 Å². The van der Waals surface area contributed by atoms with Gasteiger partial charge in [0.1, 0.15) is 0 Å². The summed E-state index contributed by atoms with van der Waals surface area (Å²) in [5.74, 6) is 0.0138. The number of carbonyl (C=O) groups excluding carboxylic acids is 2. The third-order valence-corrected chi connectivity index (χ3v) is 4.26. The maximum Gasteiger partial charge on any atom is 0.315 e. The van der Waals surface area contributed by atoms with Gasteiger partial charge >= 0.3 is 6.03 Å². The van der Waals surface area contributed by atoms with Crippen molar-refractivity contribution in [2.45, 2.75) is 32.9 Å². The lowest BCUT2D eigenvalue weighted by atomic mass is 10.1. The second-order valence-electron chi connectivity index (χ2n) is 5.46. The first-order valence-electron chi connectivity index (χ1n) is 8.06. The van der Waals surface area contributed by atoms with Crippen LogP contribution in [0.1, 0.15) is 29.3 Å². The van der Waals surface area contributed by atoms with Gasteiger partial charge in [-0.15, -0.1) is 11.3 Å². The van der Waals surface area contributed by atoms with E-state index in [0.717, 1.165) is 22.4 Å². The molecule has 0 saturated carbocycles. The lowest BCUT2D eigenvalue weighted by Crippen LogP contribution is -2.35. The Labute approximate surface area is 146 Å². The van der Waals surface area contributed by atoms with Gasteiger partial charge in [-0.05, 0) is 29.0 Å². The van der Waals surface area contributed by atoms with Crippen molar-refractivity contribution in [3.63, 3.8) is 0 Å². The molecule has 0 unspecified atom stereocenters. The molecule has 0 aliphatic rings. The summed E-state index contributed by atoms with van der Waals surface area (Å²) < 4.78 is 0. The normalized spacial score (nSPS) is 10.2. The van der Waals surface area contributed by atoms with Crippen LogP contribution in [0.5, 0.6) is 0 Å². The smallest absolute Gasteiger partial charge is 0.315 e. The van der Waals surface area contributed by atoms with Crippen LogP contribution >= 0.6 is 11.3 Å². The molecule has 0 fully saturated rings. The van der Waals surface area contributed by atoms with Gasteiger partial charge in [-0.2, -0.15) is 0 Å². The Bertz CT molecular complexity index is 656. The molecule has 0 aliphatic heterocycles. The molecular formula is C18H23N3O2S. The summed E-state index contributed by atoms with van der Waals surface area (Å²) in [6.07, 6.45) is 1.32. The quantitative estimate of drug-likeness (QED) is 0.688. The molecule has 0 radical (unpaired) electrons. The fourth-order valence-electron chi connectivity index (χ4n) is 2.17. The molecule has 2 aromatic rings. The first-order valence-corrected chi connectivity index (χ1v) is 8.94. The summed E-state index contributed by atoms with van der Waals surface area (Å²) in [6, 6.07) is 11.6. The van der Waals surface area contributed by atoms with Crippen molar-refractivity contribution in [1.82, 2.24) is 16.0 Å². The zero-order valence-electron chi connectivity index (χ0n) is 13.8. The predicted octanol–water partition coefficient (Wildman–Crippen LogP) is 2.82. The average Bonchev–Trinajstić information content (AvgIpc) is 3.09. The largest absolute Gasteiger partial charge is 0.352 e. The van der Waals surface area contributed by atoms with Crippen LogP contribution in [-0.4, -0.2) is 18.5 Å². The molecule has 128 valence electrons. The Morgan fingerprint density at radius 3 is 2.42 bits per heavy atom. The van der Waals surface area contributed by atoms with Gasteiger partial charge in [0.05, 0.1) is 6.42 Å². The van der Waals surface area contributed by atoms with Crippen molar-refractivity contribution in [2.24, 2.45) is 0 Å². The van der Waals surface area contributed by atoms with Crippen molar-refractivity contribution < 1.29 is 9.59 Å². The molecule has 5 nitrogen and oxygen atoms in total. The number of hydrogen-bond acceptors (Lipinski definition) is 3. The SMILES string of the molecule is CCCNC(=O)NCc1cccc(CNC(=O)Cc2cccs2)c1. The zero-order chi connectivity index (χ0) is 17.2. The number of benzene rings is 1. The molecule has 3 amide bonds. The summed E-state index contributed by atoms with van der Waals surface area (Å²) in [5.41, 5.74) is 2.02. The summed E-state index contributed by atoms with van der Waals surface area (Å²) in [6.45, 7) is 3.63. The highest BCUT2D eigenvalue weighted by Crippen LogP contribution is 2.09. The molecule has 24 heavy (non-hydrogen) atoms. The van der Waals surface area contributed by atoms with E-state index in [1.807, 2.05) is 48.7 Å². The number of nitrogens with one attached hydrogen (secondary N) is 3. The molecule has 0 spiro atoms. The summed E-state index contributed by atoms with van der Waals surface area (Å²) >= 11 is 1.58. The Morgan fingerprint density at radius 1 is 1.00 bits per heavy atom. The number of carbonyl (C=O) groups is 2. The van der Waals surface area contributed by atoms with Crippen LogP contribution in [0.25, 0.3) is 0 Å². The molecule has 0 bridgehead atoms. The van der Waals surface area contributed by atoms with Crippen LogP contribution in [0.4, 0.5) is 4.79 Å². The molecule has 6 heteroatoms. The Balaban J connectivity index is 1.77. The van der Waals surface area contributed by atoms with E-state index >= 15 is 0 Å². The number of rotatable bonds is 8. The van der Waals surface area contributed by atoms with Crippen molar-refractivity contribution in [3.05, 3.63) is 57.8 Å². The fourth-order valence-corrected chi connectivity index (χ4v) is 2.87. The maximum atomic E-state index is 11.9. The van der Waals surface area contributed by atoms with Crippen LogP contribution in [0.2, 0.25) is 0 Å². The highest BCUT2D eigenvalue weighted by Gasteiger charge is 2.05. The van der Waals surface area contributed by atoms with Gasteiger partial charge in [0, 0.05) is 24.5 Å². The lowest BCUT2D eigenvalue weighted by Gasteiger charge is -2.09. The van der Waals surface area contributed by atoms with Gasteiger partial charge in [-0.25, -0.2) is 4.79 Å². The third kappa shape index (κ3) is 6.42. The molecule has 0 atom stereocenters. The second kappa shape index (κ2) is 9.72. The van der Waals surface area contributed by atoms with Crippen molar-refractivity contribution in [3.8, 4) is 0 Å². The average molecular weight is 345 g/mol. The second-order valence-corrected chi connectivity index (χ2v) is 6.49. The Hall–Kier alpha value is -2.34. The van der Waals surface area contributed by atoms with Gasteiger partial charge in [0.25, 0.3) is 0 Å². The number of hydrogen-bond donors (Lipinski definition) is 3. The maximum absolute atomic E-state index is 11.9. The minimum absolute atomic E-state index is 0.0138. The van der Waals surface area contributed by atoms with E-state index in [2.05, 4.69) is 16.0 Å². The molecule has 1 heterocycles. The summed E-state index contributed by atoms with van der Waals surface area (Å²) in [4.78, 5) is 24.5. The molecule has 1 aromatic carbocycles. The summed E-state index contributed by atoms with van der Waals surface area (Å²) in [5, 5.41) is 10.5. The molecule has 0 aliphatic carbocycles. The minimum Gasteiger partial charge on any atom is -0.352 e. The number of amides is 3. The fraction of sp³-hybridized carbons (Fsp3) is 0.333. The van der Waals surface area contributed by atoms with Gasteiger partial charge in [-0.1, -0.05) is 37.3 Å². The zero-order valence-corrected chi connectivity index (χ0v) is 14.6. The molecule has 2 rings (SSSR count). The van der Waals surface area contributed by atoms with E-state index in [1.54, 1.807) is 11.3 Å². The number of urea groups is 1. The van der Waals surface area contributed by atoms with E-state index < -0.39 is 0 Å². The lowest BCUT2D eigenvalue weighted by molar-refractivity contribution is -0.120. The monoisotopic (exact) mass is 345 g/mol. The van der Waals surface area contributed by atoms with E-state index in [9.17, 15) is 9.59 Å². The van der Waals surface area contributed by atoms with E-state index in [-0.39, 0.29) is 11.9 Å². The first-order chi connectivity index (χ1) is 11.7. The molecule has 0 saturated heterocycles. The van der Waals surface area contributed by atoms with E-state index in [4.69, 9.17) is 0 Å². The topological polar surface area (TPSA) is 70.2 Å². The number of thiophene rings is 1. The van der Waals surface area contributed by atoms with Crippen LogP contribution in [0.15, 0.2) is 41.8 Å². The third-order valence-electron chi connectivity index (χ3n) is 3.38. The van der Waals surface area contributed by atoms with Crippen LogP contribution < -0.4 is 16.0 Å². The minimum atomic E-state index is -0.161. The molecule has 3 N–H and O–H groups in total. The van der Waals surface area contributed by atoms with E-state index in [1.165, 1.54) is 0 Å². The van der Waals surface area contributed by atoms with Gasteiger partial charge in [-0.3, -0.25) is 4.79 Å². The van der Waals surface area contributed by atoms with Crippen LogP contribution in [-0.2, 0) is 24.3 Å². The van der Waals surface area contributed by atoms with Gasteiger partial charge in [0.2, 0.25) is 5.91 Å². The Morgan fingerprint density at radius 2 is 1.75 bits per heavy atom. The van der Waals surface area contributed by atoms with Gasteiger partial charge < -0.3 is 16.0 Å². The predicted molar refractivity (Wildman–Crippen MR) is 96.8 cm³/mol. The molecular weight excluding hydrogens is 322 g/mol. The van der Waals surface area contributed by atoms with Crippen molar-refractivity contribution in [2.75, 3.05) is 6.54 Å². The van der Waals surface area contributed by atoms with Gasteiger partial charge in [0.15, 0.2) is 0 Å². The van der Waals surface area contributed by atoms with Crippen molar-refractivity contribution in [1.29, 1.82) is 0 Å². The van der Waals surface area contributed by atoms with Crippen LogP contribution in [0, 0.1) is 0 Å². The Kier molecular flexibility index (Phi) is 7.29.